The topological polar surface area (TPSA) is 46.5 Å². The smallest absolute Gasteiger partial charge is 0.138 e. The lowest BCUT2D eigenvalue weighted by molar-refractivity contribution is 0.415. The molecule has 1 heterocycles. The zero-order chi connectivity index (χ0) is 16.1. The van der Waals surface area contributed by atoms with Crippen LogP contribution in [0.1, 0.15) is 11.1 Å². The van der Waals surface area contributed by atoms with E-state index in [0.717, 1.165) is 22.2 Å². The van der Waals surface area contributed by atoms with Crippen LogP contribution in [0.25, 0.3) is 10.9 Å². The van der Waals surface area contributed by atoms with Gasteiger partial charge in [0.25, 0.3) is 0 Å². The van der Waals surface area contributed by atoms with Crippen molar-refractivity contribution in [2.45, 2.75) is 6.54 Å². The fraction of sp³-hybridized carbons (Fsp3) is 0.111. The highest BCUT2D eigenvalue weighted by Crippen LogP contribution is 2.23. The van der Waals surface area contributed by atoms with Crippen molar-refractivity contribution < 1.29 is 4.74 Å². The van der Waals surface area contributed by atoms with Gasteiger partial charge < -0.3 is 10.2 Å². The number of rotatable bonds is 5. The summed E-state index contributed by atoms with van der Waals surface area (Å²) in [7, 11) is 1.63. The summed E-state index contributed by atoms with van der Waals surface area (Å²) >= 11 is 6.22. The number of halogens is 1. The average molecular weight is 326 g/mol. The molecule has 0 aliphatic carbocycles. The first-order chi connectivity index (χ1) is 11.3. The minimum absolute atomic E-state index is 0.413. The van der Waals surface area contributed by atoms with Gasteiger partial charge in [-0.15, -0.1) is 0 Å². The maximum absolute atomic E-state index is 6.22. The molecule has 1 N–H and O–H groups in total. The molecule has 3 aromatic rings. The first kappa shape index (κ1) is 15.3. The van der Waals surface area contributed by atoms with Gasteiger partial charge in [-0.2, -0.15) is 5.10 Å². The largest absolute Gasteiger partial charge is 0.497 e. The van der Waals surface area contributed by atoms with Gasteiger partial charge in [-0.1, -0.05) is 41.9 Å². The van der Waals surface area contributed by atoms with Crippen LogP contribution < -0.4 is 10.2 Å². The molecule has 4 nitrogen and oxygen atoms in total. The second kappa shape index (κ2) is 7.11. The van der Waals surface area contributed by atoms with Gasteiger partial charge >= 0.3 is 0 Å². The fourth-order valence-corrected chi connectivity index (χ4v) is 2.40. The van der Waals surface area contributed by atoms with Crippen molar-refractivity contribution in [3.63, 3.8) is 0 Å². The van der Waals surface area contributed by atoms with Crippen LogP contribution in [-0.2, 0) is 6.54 Å². The highest BCUT2D eigenvalue weighted by atomic mass is 35.5. The van der Waals surface area contributed by atoms with Gasteiger partial charge in [-0.3, -0.25) is 0 Å². The second-order valence-corrected chi connectivity index (χ2v) is 5.36. The summed E-state index contributed by atoms with van der Waals surface area (Å²) in [6, 6.07) is 17.7. The third kappa shape index (κ3) is 3.79. The lowest BCUT2D eigenvalue weighted by atomic mass is 10.1. The van der Waals surface area contributed by atoms with E-state index in [1.165, 1.54) is 5.56 Å². The van der Waals surface area contributed by atoms with Crippen LogP contribution in [0.4, 0.5) is 0 Å². The number of pyridine rings is 1. The molecule has 0 radical (unpaired) electrons. The van der Waals surface area contributed by atoms with Gasteiger partial charge in [0.15, 0.2) is 0 Å². The quantitative estimate of drug-likeness (QED) is 0.438. The zero-order valence-electron chi connectivity index (χ0n) is 12.7. The molecular weight excluding hydrogens is 310 g/mol. The molecule has 0 atom stereocenters. The zero-order valence-corrected chi connectivity index (χ0v) is 13.4. The van der Waals surface area contributed by atoms with E-state index in [9.17, 15) is 0 Å². The lowest BCUT2D eigenvalue weighted by Gasteiger charge is -2.05. The molecular formula is C18H16ClN3O. The van der Waals surface area contributed by atoms with Crippen molar-refractivity contribution in [3.05, 3.63) is 70.9 Å². The second-order valence-electron chi connectivity index (χ2n) is 5.01. The lowest BCUT2D eigenvalue weighted by Crippen LogP contribution is -2.05. The highest BCUT2D eigenvalue weighted by Gasteiger charge is 2.04. The monoisotopic (exact) mass is 325 g/mol. The van der Waals surface area contributed by atoms with Crippen molar-refractivity contribution in [2.75, 3.05) is 7.11 Å². The Morgan fingerprint density at radius 2 is 2.00 bits per heavy atom. The Morgan fingerprint density at radius 1 is 1.17 bits per heavy atom. The number of benzene rings is 2. The van der Waals surface area contributed by atoms with Crippen LogP contribution >= 0.6 is 11.6 Å². The normalized spacial score (nSPS) is 11.0. The average Bonchev–Trinajstić information content (AvgIpc) is 2.59. The number of ether oxygens (including phenoxy) is 1. The molecule has 0 aliphatic rings. The van der Waals surface area contributed by atoms with E-state index < -0.39 is 0 Å². The van der Waals surface area contributed by atoms with Crippen LogP contribution in [0.5, 0.6) is 5.75 Å². The van der Waals surface area contributed by atoms with Gasteiger partial charge in [0.05, 0.1) is 25.4 Å². The Balaban J connectivity index is 1.74. The molecule has 3 rings (SSSR count). The van der Waals surface area contributed by atoms with E-state index in [4.69, 9.17) is 16.3 Å². The molecule has 0 aliphatic heterocycles. The number of hydrogen-bond donors (Lipinski definition) is 1. The molecule has 0 saturated carbocycles. The van der Waals surface area contributed by atoms with Gasteiger partial charge in [-0.25, -0.2) is 4.98 Å². The Hall–Kier alpha value is -2.59. The van der Waals surface area contributed by atoms with Gasteiger partial charge in [0.2, 0.25) is 0 Å². The molecule has 0 fully saturated rings. The molecule has 0 bridgehead atoms. The summed E-state index contributed by atoms with van der Waals surface area (Å²) in [5.41, 5.74) is 5.74. The Bertz CT molecular complexity index is 834. The number of methoxy groups -OCH3 is 1. The summed E-state index contributed by atoms with van der Waals surface area (Å²) in [6.45, 7) is 0.660. The minimum Gasteiger partial charge on any atom is -0.497 e. The van der Waals surface area contributed by atoms with Crippen LogP contribution in [0.2, 0.25) is 5.15 Å². The van der Waals surface area contributed by atoms with Crippen LogP contribution in [0, 0.1) is 0 Å². The molecule has 0 spiro atoms. The molecule has 1 aromatic heterocycles. The number of hydrogen-bond acceptors (Lipinski definition) is 4. The number of nitrogens with one attached hydrogen (secondary N) is 1. The van der Waals surface area contributed by atoms with E-state index in [0.29, 0.717) is 11.7 Å². The predicted octanol–water partition coefficient (Wildman–Crippen LogP) is 4.02. The summed E-state index contributed by atoms with van der Waals surface area (Å²) < 4.78 is 5.19. The maximum Gasteiger partial charge on any atom is 0.138 e. The van der Waals surface area contributed by atoms with E-state index in [1.54, 1.807) is 13.3 Å². The Kier molecular flexibility index (Phi) is 4.74. The number of hydrazone groups is 1. The molecule has 5 heteroatoms. The predicted molar refractivity (Wildman–Crippen MR) is 94.2 cm³/mol. The maximum atomic E-state index is 6.22. The van der Waals surface area contributed by atoms with E-state index in [2.05, 4.69) is 15.5 Å². The van der Waals surface area contributed by atoms with E-state index >= 15 is 0 Å². The summed E-state index contributed by atoms with van der Waals surface area (Å²) in [5.74, 6) is 0.756. The van der Waals surface area contributed by atoms with Crippen molar-refractivity contribution in [1.29, 1.82) is 0 Å². The van der Waals surface area contributed by atoms with Crippen LogP contribution in [-0.4, -0.2) is 18.3 Å². The fourth-order valence-electron chi connectivity index (χ4n) is 2.21. The number of fused-ring (bicyclic) bond motifs is 1. The standard InChI is InChI=1S/C18H16ClN3O/c1-23-16-8-7-14-9-15(18(19)22-17(14)10-16)12-21-20-11-13-5-3-2-4-6-13/h2-10,12,20H,11H2,1H3. The van der Waals surface area contributed by atoms with Crippen molar-refractivity contribution >= 4 is 28.7 Å². The van der Waals surface area contributed by atoms with Crippen LogP contribution in [0.15, 0.2) is 59.7 Å². The van der Waals surface area contributed by atoms with Gasteiger partial charge in [0, 0.05) is 17.0 Å². The minimum atomic E-state index is 0.413. The van der Waals surface area contributed by atoms with E-state index in [-0.39, 0.29) is 0 Å². The Labute approximate surface area is 139 Å². The van der Waals surface area contributed by atoms with E-state index in [1.807, 2.05) is 54.6 Å². The Morgan fingerprint density at radius 3 is 2.78 bits per heavy atom. The van der Waals surface area contributed by atoms with Crippen molar-refractivity contribution in [3.8, 4) is 5.75 Å². The molecule has 23 heavy (non-hydrogen) atoms. The van der Waals surface area contributed by atoms with Crippen molar-refractivity contribution in [1.82, 2.24) is 10.4 Å². The molecule has 0 amide bonds. The summed E-state index contributed by atoms with van der Waals surface area (Å²) in [6.07, 6.45) is 1.68. The number of aromatic nitrogens is 1. The van der Waals surface area contributed by atoms with Gasteiger partial charge in [-0.05, 0) is 23.8 Å². The van der Waals surface area contributed by atoms with Crippen LogP contribution in [0.3, 0.4) is 0 Å². The molecule has 0 saturated heterocycles. The van der Waals surface area contributed by atoms with Gasteiger partial charge in [0.1, 0.15) is 10.9 Å². The summed E-state index contributed by atoms with van der Waals surface area (Å²) in [5, 5.41) is 5.61. The first-order valence-corrected chi connectivity index (χ1v) is 7.58. The summed E-state index contributed by atoms with van der Waals surface area (Å²) in [4.78, 5) is 4.39. The molecule has 2 aromatic carbocycles. The van der Waals surface area contributed by atoms with Crippen molar-refractivity contribution in [2.24, 2.45) is 5.10 Å². The SMILES string of the molecule is COc1ccc2cc(C=NNCc3ccccc3)c(Cl)nc2c1. The molecule has 0 unspecified atom stereocenters. The highest BCUT2D eigenvalue weighted by molar-refractivity contribution is 6.32. The number of nitrogens with zero attached hydrogens (tertiary/aromatic N) is 2. The third-order valence-electron chi connectivity index (χ3n) is 3.43. The first-order valence-electron chi connectivity index (χ1n) is 7.20. The third-order valence-corrected chi connectivity index (χ3v) is 3.73. The molecule has 116 valence electrons.